The van der Waals surface area contributed by atoms with Crippen LogP contribution in [0.4, 0.5) is 0 Å². The number of hydrogen-bond acceptors (Lipinski definition) is 5. The molecule has 5 aliphatic rings. The summed E-state index contributed by atoms with van der Waals surface area (Å²) in [4.78, 5) is 25.9. The van der Waals surface area contributed by atoms with Gasteiger partial charge in [-0.15, -0.1) is 0 Å². The number of imide groups is 1. The van der Waals surface area contributed by atoms with Crippen molar-refractivity contribution in [2.45, 2.75) is 6.42 Å². The normalized spacial score (nSPS) is 35.6. The van der Waals surface area contributed by atoms with Crippen molar-refractivity contribution < 1.29 is 19.1 Å². The Kier molecular flexibility index (Phi) is 3.73. The standard InChI is InChI=1S/C20H19BrN2O4/c1-26-15-7-16(27-2)14(21)5-9(15)8-22-23-19(24)17-10-3-4-11(13-6-12(10)13)18(17)20(23)25/h3-5,7-8,10-13,17-18H,6H2,1-2H3/b22-8+/t10-,11-,12-,13-,17-,18+/m1/s1. The van der Waals surface area contributed by atoms with Crippen molar-refractivity contribution >= 4 is 34.0 Å². The lowest BCUT2D eigenvalue weighted by atomic mass is 9.63. The van der Waals surface area contributed by atoms with Crippen LogP contribution >= 0.6 is 15.9 Å². The first-order valence-electron chi connectivity index (χ1n) is 9.06. The van der Waals surface area contributed by atoms with Gasteiger partial charge in [-0.05, 0) is 52.1 Å². The Morgan fingerprint density at radius 2 is 1.63 bits per heavy atom. The van der Waals surface area contributed by atoms with Crippen molar-refractivity contribution in [1.29, 1.82) is 0 Å². The molecule has 6 rings (SSSR count). The van der Waals surface area contributed by atoms with Gasteiger partial charge in [0.2, 0.25) is 0 Å². The van der Waals surface area contributed by atoms with Crippen LogP contribution in [0.1, 0.15) is 12.0 Å². The van der Waals surface area contributed by atoms with Gasteiger partial charge in [-0.2, -0.15) is 10.1 Å². The molecule has 27 heavy (non-hydrogen) atoms. The molecule has 2 amide bonds. The van der Waals surface area contributed by atoms with Gasteiger partial charge in [0.25, 0.3) is 11.8 Å². The number of amides is 2. The fourth-order valence-corrected chi connectivity index (χ4v) is 5.68. The third-order valence-electron chi connectivity index (χ3n) is 6.46. The highest BCUT2D eigenvalue weighted by Gasteiger charge is 2.67. The average molecular weight is 431 g/mol. The Hall–Kier alpha value is -2.15. The first kappa shape index (κ1) is 17.0. The van der Waals surface area contributed by atoms with E-state index >= 15 is 0 Å². The van der Waals surface area contributed by atoms with E-state index in [1.54, 1.807) is 26.4 Å². The van der Waals surface area contributed by atoms with Gasteiger partial charge in [-0.1, -0.05) is 12.2 Å². The van der Waals surface area contributed by atoms with E-state index < -0.39 is 0 Å². The minimum atomic E-state index is -0.238. The third kappa shape index (κ3) is 2.33. The number of rotatable bonds is 4. The quantitative estimate of drug-likeness (QED) is 0.418. The van der Waals surface area contributed by atoms with Crippen LogP contribution < -0.4 is 9.47 Å². The van der Waals surface area contributed by atoms with Crippen LogP contribution in [-0.2, 0) is 9.59 Å². The van der Waals surface area contributed by atoms with Crippen LogP contribution in [0.5, 0.6) is 11.5 Å². The van der Waals surface area contributed by atoms with Gasteiger partial charge in [-0.3, -0.25) is 9.59 Å². The van der Waals surface area contributed by atoms with E-state index in [0.717, 1.165) is 15.9 Å². The number of carbonyl (C=O) groups is 2. The van der Waals surface area contributed by atoms with Crippen LogP contribution in [0.25, 0.3) is 0 Å². The third-order valence-corrected chi connectivity index (χ3v) is 7.08. The number of carbonyl (C=O) groups excluding carboxylic acids is 2. The molecule has 1 saturated heterocycles. The minimum absolute atomic E-state index is 0.169. The Labute approximate surface area is 165 Å². The number of ether oxygens (including phenoxy) is 2. The number of allylic oxidation sites excluding steroid dienone is 2. The summed E-state index contributed by atoms with van der Waals surface area (Å²) in [5, 5.41) is 5.34. The fraction of sp³-hybridized carbons (Fsp3) is 0.450. The van der Waals surface area contributed by atoms with E-state index in [0.29, 0.717) is 28.9 Å². The topological polar surface area (TPSA) is 68.2 Å². The van der Waals surface area contributed by atoms with E-state index in [2.05, 4.69) is 33.2 Å². The largest absolute Gasteiger partial charge is 0.496 e. The molecule has 6 atom stereocenters. The zero-order valence-corrected chi connectivity index (χ0v) is 16.5. The van der Waals surface area contributed by atoms with Gasteiger partial charge >= 0.3 is 0 Å². The summed E-state index contributed by atoms with van der Waals surface area (Å²) >= 11 is 3.44. The Bertz CT molecular complexity index is 875. The smallest absolute Gasteiger partial charge is 0.254 e. The lowest BCUT2D eigenvalue weighted by Crippen LogP contribution is -2.40. The SMILES string of the molecule is COc1cc(OC)c(/C=N/N2C(=O)[C@@H]3[C@@H]4C=C[C@H]([C@H]5C[C@H]45)[C@@H]3C2=O)cc1Br. The number of hydrogen-bond donors (Lipinski definition) is 0. The van der Waals surface area contributed by atoms with Crippen LogP contribution in [0.3, 0.4) is 0 Å². The predicted octanol–water partition coefficient (Wildman–Crippen LogP) is 2.85. The van der Waals surface area contributed by atoms with Gasteiger partial charge in [0.1, 0.15) is 11.5 Å². The molecule has 0 aromatic heterocycles. The number of halogens is 1. The highest BCUT2D eigenvalue weighted by atomic mass is 79.9. The molecule has 2 saturated carbocycles. The van der Waals surface area contributed by atoms with Crippen molar-refractivity contribution in [2.75, 3.05) is 14.2 Å². The van der Waals surface area contributed by atoms with Crippen LogP contribution in [0.15, 0.2) is 33.9 Å². The van der Waals surface area contributed by atoms with Crippen molar-refractivity contribution in [3.05, 3.63) is 34.3 Å². The highest BCUT2D eigenvalue weighted by molar-refractivity contribution is 9.10. The fourth-order valence-electron chi connectivity index (χ4n) is 5.16. The van der Waals surface area contributed by atoms with Crippen LogP contribution in [0, 0.1) is 35.5 Å². The van der Waals surface area contributed by atoms with Crippen LogP contribution in [-0.4, -0.2) is 37.3 Å². The molecular formula is C20H19BrN2O4. The average Bonchev–Trinajstić information content (AvgIpc) is 3.45. The zero-order chi connectivity index (χ0) is 18.9. The summed E-state index contributed by atoms with van der Waals surface area (Å²) in [5.41, 5.74) is 0.657. The van der Waals surface area contributed by atoms with Crippen molar-refractivity contribution in [3.63, 3.8) is 0 Å². The maximum atomic E-state index is 12.9. The van der Waals surface area contributed by atoms with Crippen LogP contribution in [0.2, 0.25) is 0 Å². The molecule has 1 aromatic carbocycles. The number of hydrazone groups is 1. The molecule has 6 nitrogen and oxygen atoms in total. The molecule has 3 fully saturated rings. The second-order valence-electron chi connectivity index (χ2n) is 7.62. The molecule has 0 unspecified atom stereocenters. The molecule has 4 aliphatic carbocycles. The molecule has 0 radical (unpaired) electrons. The van der Waals surface area contributed by atoms with Gasteiger partial charge in [0, 0.05) is 11.6 Å². The lowest BCUT2D eigenvalue weighted by molar-refractivity contribution is -0.140. The van der Waals surface area contributed by atoms with E-state index in [9.17, 15) is 9.59 Å². The summed E-state index contributed by atoms with van der Waals surface area (Å²) in [7, 11) is 3.12. The summed E-state index contributed by atoms with van der Waals surface area (Å²) in [6.45, 7) is 0. The molecule has 1 aromatic rings. The minimum Gasteiger partial charge on any atom is -0.496 e. The van der Waals surface area contributed by atoms with Gasteiger partial charge in [0.15, 0.2) is 0 Å². The summed E-state index contributed by atoms with van der Waals surface area (Å²) in [5.74, 6) is 1.94. The van der Waals surface area contributed by atoms with E-state index in [4.69, 9.17) is 9.47 Å². The predicted molar refractivity (Wildman–Crippen MR) is 101 cm³/mol. The maximum Gasteiger partial charge on any atom is 0.254 e. The van der Waals surface area contributed by atoms with Gasteiger partial charge < -0.3 is 9.47 Å². The second-order valence-corrected chi connectivity index (χ2v) is 8.47. The molecule has 1 heterocycles. The number of benzene rings is 1. The van der Waals surface area contributed by atoms with E-state index in [-0.39, 0.29) is 35.5 Å². The molecule has 0 spiro atoms. The monoisotopic (exact) mass is 430 g/mol. The molecule has 2 bridgehead atoms. The number of nitrogens with zero attached hydrogens (tertiary/aromatic N) is 2. The van der Waals surface area contributed by atoms with Crippen molar-refractivity contribution in [2.24, 2.45) is 40.6 Å². The highest BCUT2D eigenvalue weighted by Crippen LogP contribution is 2.65. The summed E-state index contributed by atoms with van der Waals surface area (Å²) in [6.07, 6.45) is 6.96. The zero-order valence-electron chi connectivity index (χ0n) is 15.0. The Morgan fingerprint density at radius 1 is 1.04 bits per heavy atom. The first-order chi connectivity index (χ1) is 13.0. The Morgan fingerprint density at radius 3 is 2.19 bits per heavy atom. The van der Waals surface area contributed by atoms with Gasteiger partial charge in [0.05, 0.1) is 36.7 Å². The molecule has 1 aliphatic heterocycles. The summed E-state index contributed by atoms with van der Waals surface area (Å²) < 4.78 is 11.4. The second kappa shape index (κ2) is 5.92. The molecule has 140 valence electrons. The maximum absolute atomic E-state index is 12.9. The van der Waals surface area contributed by atoms with Crippen molar-refractivity contribution in [1.82, 2.24) is 5.01 Å². The Balaban J connectivity index is 1.45. The lowest BCUT2D eigenvalue weighted by Gasteiger charge is -2.37. The number of methoxy groups -OCH3 is 2. The summed E-state index contributed by atoms with van der Waals surface area (Å²) in [6, 6.07) is 3.52. The first-order valence-corrected chi connectivity index (χ1v) is 9.86. The molecule has 7 heteroatoms. The van der Waals surface area contributed by atoms with Gasteiger partial charge in [-0.25, -0.2) is 0 Å². The molecular weight excluding hydrogens is 412 g/mol. The van der Waals surface area contributed by atoms with E-state index in [1.807, 2.05) is 0 Å². The molecule has 0 N–H and O–H groups in total. The van der Waals surface area contributed by atoms with E-state index in [1.165, 1.54) is 6.21 Å². The van der Waals surface area contributed by atoms with Crippen molar-refractivity contribution in [3.8, 4) is 11.5 Å².